The van der Waals surface area contributed by atoms with Gasteiger partial charge in [-0.1, -0.05) is 13.8 Å². The molecule has 0 radical (unpaired) electrons. The van der Waals surface area contributed by atoms with E-state index in [1.807, 2.05) is 0 Å². The molecule has 0 spiro atoms. The maximum Gasteiger partial charge on any atom is 0.133 e. The van der Waals surface area contributed by atoms with Crippen molar-refractivity contribution in [3.63, 3.8) is 0 Å². The summed E-state index contributed by atoms with van der Waals surface area (Å²) in [5.41, 5.74) is 5.88. The Balaban J connectivity index is 2.26. The Bertz CT molecular complexity index is 382. The lowest BCUT2D eigenvalue weighted by Crippen LogP contribution is -2.23. The number of nitrogens with two attached hydrogens (primary N) is 1. The molecule has 2 nitrogen and oxygen atoms in total. The molecule has 1 rings (SSSR count). The van der Waals surface area contributed by atoms with Gasteiger partial charge in [-0.2, -0.15) is 0 Å². The van der Waals surface area contributed by atoms with Gasteiger partial charge in [0, 0.05) is 0 Å². The second kappa shape index (κ2) is 7.10. The van der Waals surface area contributed by atoms with Gasteiger partial charge in [0.2, 0.25) is 0 Å². The van der Waals surface area contributed by atoms with Crippen molar-refractivity contribution in [1.82, 2.24) is 0 Å². The first-order valence-electron chi connectivity index (χ1n) is 6.22. The molecular weight excluding hydrogens is 297 g/mol. The van der Waals surface area contributed by atoms with Crippen LogP contribution in [0.15, 0.2) is 22.7 Å². The molecule has 0 aliphatic carbocycles. The average molecular weight is 318 g/mol. The lowest BCUT2D eigenvalue weighted by Gasteiger charge is -2.21. The molecule has 0 heterocycles. The number of benzene rings is 1. The van der Waals surface area contributed by atoms with E-state index < -0.39 is 0 Å². The Kier molecular flexibility index (Phi) is 6.09. The number of halogens is 2. The molecule has 0 fully saturated rings. The van der Waals surface area contributed by atoms with E-state index in [0.29, 0.717) is 23.4 Å². The van der Waals surface area contributed by atoms with Crippen molar-refractivity contribution in [2.75, 3.05) is 13.2 Å². The maximum atomic E-state index is 12.9. The lowest BCUT2D eigenvalue weighted by atomic mass is 9.87. The first-order chi connectivity index (χ1) is 8.44. The van der Waals surface area contributed by atoms with Gasteiger partial charge in [-0.25, -0.2) is 4.39 Å². The molecule has 0 atom stereocenters. The summed E-state index contributed by atoms with van der Waals surface area (Å²) < 4.78 is 19.1. The molecule has 0 amide bonds. The maximum absolute atomic E-state index is 12.9. The number of rotatable bonds is 7. The fraction of sp³-hybridized carbons (Fsp3) is 0.571. The molecule has 0 saturated heterocycles. The van der Waals surface area contributed by atoms with Gasteiger partial charge in [0.05, 0.1) is 11.1 Å². The minimum Gasteiger partial charge on any atom is -0.492 e. The molecule has 0 aliphatic rings. The van der Waals surface area contributed by atoms with Crippen molar-refractivity contribution >= 4 is 15.9 Å². The first kappa shape index (κ1) is 15.4. The summed E-state index contributed by atoms with van der Waals surface area (Å²) in [5, 5.41) is 0. The van der Waals surface area contributed by atoms with Crippen molar-refractivity contribution in [3.05, 3.63) is 28.5 Å². The number of unbranched alkanes of at least 4 members (excludes halogenated alkanes) is 1. The summed E-state index contributed by atoms with van der Waals surface area (Å²) >= 11 is 3.28. The number of hydrogen-bond donors (Lipinski definition) is 1. The molecule has 0 unspecified atom stereocenters. The van der Waals surface area contributed by atoms with E-state index in [9.17, 15) is 4.39 Å². The largest absolute Gasteiger partial charge is 0.492 e. The minimum absolute atomic E-state index is 0.205. The van der Waals surface area contributed by atoms with Gasteiger partial charge >= 0.3 is 0 Å². The smallest absolute Gasteiger partial charge is 0.133 e. The molecule has 1 aromatic carbocycles. The van der Waals surface area contributed by atoms with Crippen LogP contribution < -0.4 is 10.5 Å². The summed E-state index contributed by atoms with van der Waals surface area (Å²) in [4.78, 5) is 0. The van der Waals surface area contributed by atoms with Gasteiger partial charge in [0.25, 0.3) is 0 Å². The Morgan fingerprint density at radius 1 is 1.33 bits per heavy atom. The Morgan fingerprint density at radius 2 is 2.06 bits per heavy atom. The van der Waals surface area contributed by atoms with E-state index >= 15 is 0 Å². The highest BCUT2D eigenvalue weighted by Gasteiger charge is 2.14. The third kappa shape index (κ3) is 5.36. The van der Waals surface area contributed by atoms with Crippen LogP contribution in [-0.2, 0) is 0 Å². The standard InChI is InChI=1S/C14H21BrFNO/c1-14(2,10-17)7-3-4-8-18-13-6-5-11(16)9-12(13)15/h5-6,9H,3-4,7-8,10,17H2,1-2H3. The minimum atomic E-state index is -0.265. The summed E-state index contributed by atoms with van der Waals surface area (Å²) in [6, 6.07) is 4.45. The van der Waals surface area contributed by atoms with Crippen LogP contribution in [0.3, 0.4) is 0 Å². The zero-order valence-electron chi connectivity index (χ0n) is 11.0. The van der Waals surface area contributed by atoms with Gasteiger partial charge in [-0.05, 0) is 65.4 Å². The van der Waals surface area contributed by atoms with E-state index in [-0.39, 0.29) is 11.2 Å². The predicted molar refractivity (Wildman–Crippen MR) is 76.3 cm³/mol. The van der Waals surface area contributed by atoms with Gasteiger partial charge < -0.3 is 10.5 Å². The topological polar surface area (TPSA) is 35.2 Å². The van der Waals surface area contributed by atoms with E-state index in [1.165, 1.54) is 12.1 Å². The Hall–Kier alpha value is -0.610. The number of hydrogen-bond acceptors (Lipinski definition) is 2. The van der Waals surface area contributed by atoms with E-state index in [1.54, 1.807) is 6.07 Å². The van der Waals surface area contributed by atoms with Gasteiger partial charge in [0.15, 0.2) is 0 Å². The second-order valence-electron chi connectivity index (χ2n) is 5.25. The van der Waals surface area contributed by atoms with Crippen molar-refractivity contribution in [2.45, 2.75) is 33.1 Å². The third-order valence-corrected chi connectivity index (χ3v) is 3.57. The van der Waals surface area contributed by atoms with Crippen LogP contribution in [0.25, 0.3) is 0 Å². The normalized spacial score (nSPS) is 11.6. The molecule has 0 saturated carbocycles. The van der Waals surface area contributed by atoms with Crippen LogP contribution in [0.1, 0.15) is 33.1 Å². The van der Waals surface area contributed by atoms with Crippen LogP contribution >= 0.6 is 15.9 Å². The average Bonchev–Trinajstić information content (AvgIpc) is 2.31. The first-order valence-corrected chi connectivity index (χ1v) is 7.02. The third-order valence-electron chi connectivity index (χ3n) is 2.95. The fourth-order valence-electron chi connectivity index (χ4n) is 1.58. The van der Waals surface area contributed by atoms with E-state index in [4.69, 9.17) is 10.5 Å². The van der Waals surface area contributed by atoms with Crippen molar-refractivity contribution in [2.24, 2.45) is 11.1 Å². The summed E-state index contributed by atoms with van der Waals surface area (Å²) in [5.74, 6) is 0.424. The second-order valence-corrected chi connectivity index (χ2v) is 6.10. The van der Waals surface area contributed by atoms with Crippen LogP contribution in [0.4, 0.5) is 4.39 Å². The van der Waals surface area contributed by atoms with Gasteiger partial charge in [-0.15, -0.1) is 0 Å². The Labute approximate surface area is 117 Å². The van der Waals surface area contributed by atoms with Crippen molar-refractivity contribution < 1.29 is 9.13 Å². The molecule has 18 heavy (non-hydrogen) atoms. The summed E-state index contributed by atoms with van der Waals surface area (Å²) in [7, 11) is 0. The highest BCUT2D eigenvalue weighted by Crippen LogP contribution is 2.26. The highest BCUT2D eigenvalue weighted by atomic mass is 79.9. The molecule has 4 heteroatoms. The molecule has 0 aliphatic heterocycles. The van der Waals surface area contributed by atoms with Crippen LogP contribution in [0.5, 0.6) is 5.75 Å². The van der Waals surface area contributed by atoms with Crippen molar-refractivity contribution in [3.8, 4) is 5.75 Å². The van der Waals surface area contributed by atoms with Crippen molar-refractivity contribution in [1.29, 1.82) is 0 Å². The quantitative estimate of drug-likeness (QED) is 0.768. The zero-order valence-corrected chi connectivity index (χ0v) is 12.6. The van der Waals surface area contributed by atoms with Crippen LogP contribution in [0.2, 0.25) is 0 Å². The molecule has 102 valence electrons. The monoisotopic (exact) mass is 317 g/mol. The predicted octanol–water partition coefficient (Wildman–Crippen LogP) is 4.12. The SMILES string of the molecule is CC(C)(CN)CCCCOc1ccc(F)cc1Br. The summed E-state index contributed by atoms with van der Waals surface area (Å²) in [6.45, 7) is 5.69. The molecule has 0 bridgehead atoms. The number of ether oxygens (including phenoxy) is 1. The molecule has 0 aromatic heterocycles. The summed E-state index contributed by atoms with van der Waals surface area (Å²) in [6.07, 6.45) is 3.16. The van der Waals surface area contributed by atoms with Gasteiger partial charge in [-0.3, -0.25) is 0 Å². The molecule has 1 aromatic rings. The zero-order chi connectivity index (χ0) is 13.6. The molecular formula is C14H21BrFNO. The highest BCUT2D eigenvalue weighted by molar-refractivity contribution is 9.10. The van der Waals surface area contributed by atoms with Crippen LogP contribution in [-0.4, -0.2) is 13.2 Å². The van der Waals surface area contributed by atoms with E-state index in [0.717, 1.165) is 19.3 Å². The van der Waals surface area contributed by atoms with Crippen LogP contribution in [0, 0.1) is 11.2 Å². The Morgan fingerprint density at radius 3 is 2.67 bits per heavy atom. The molecule has 2 N–H and O–H groups in total. The van der Waals surface area contributed by atoms with E-state index in [2.05, 4.69) is 29.8 Å². The fourth-order valence-corrected chi connectivity index (χ4v) is 2.05. The lowest BCUT2D eigenvalue weighted by molar-refractivity contribution is 0.277. The van der Waals surface area contributed by atoms with Gasteiger partial charge in [0.1, 0.15) is 11.6 Å².